The van der Waals surface area contributed by atoms with Gasteiger partial charge in [0.05, 0.1) is 11.4 Å². The Labute approximate surface area is 121 Å². The number of halogens is 2. The topological polar surface area (TPSA) is 17.8 Å². The molecule has 20 heavy (non-hydrogen) atoms. The number of alkyl halides is 1. The highest BCUT2D eigenvalue weighted by Gasteiger charge is 2.14. The Morgan fingerprint density at radius 1 is 1.15 bits per heavy atom. The molecule has 0 saturated heterocycles. The summed E-state index contributed by atoms with van der Waals surface area (Å²) in [6.45, 7) is 2.11. The van der Waals surface area contributed by atoms with E-state index >= 15 is 0 Å². The Kier molecular flexibility index (Phi) is 3.45. The van der Waals surface area contributed by atoms with Crippen LogP contribution in [0.3, 0.4) is 0 Å². The van der Waals surface area contributed by atoms with Crippen molar-refractivity contribution in [3.05, 3.63) is 59.7 Å². The molecule has 4 heteroatoms. The summed E-state index contributed by atoms with van der Waals surface area (Å²) in [4.78, 5) is 4.31. The number of hydrogen-bond donors (Lipinski definition) is 0. The second-order valence-electron chi connectivity index (χ2n) is 4.62. The van der Waals surface area contributed by atoms with Gasteiger partial charge in [-0.25, -0.2) is 9.37 Å². The van der Waals surface area contributed by atoms with Crippen LogP contribution in [0.25, 0.3) is 16.7 Å². The van der Waals surface area contributed by atoms with Crippen LogP contribution in [-0.2, 0) is 12.3 Å². The predicted molar refractivity (Wildman–Crippen MR) is 80.0 cm³/mol. The fraction of sp³-hybridized carbons (Fsp3) is 0.188. The van der Waals surface area contributed by atoms with E-state index in [1.165, 1.54) is 11.6 Å². The van der Waals surface area contributed by atoms with Crippen molar-refractivity contribution in [1.82, 2.24) is 9.55 Å². The molecule has 1 heterocycles. The summed E-state index contributed by atoms with van der Waals surface area (Å²) >= 11 is 5.96. The van der Waals surface area contributed by atoms with Crippen LogP contribution in [0.2, 0.25) is 0 Å². The normalized spacial score (nSPS) is 11.2. The number of aromatic nitrogens is 2. The van der Waals surface area contributed by atoms with E-state index in [1.807, 2.05) is 22.8 Å². The van der Waals surface area contributed by atoms with E-state index in [2.05, 4.69) is 24.0 Å². The molecule has 0 aliphatic heterocycles. The van der Waals surface area contributed by atoms with Crippen LogP contribution in [0, 0.1) is 5.82 Å². The molecule has 0 N–H and O–H groups in total. The van der Waals surface area contributed by atoms with Gasteiger partial charge < -0.3 is 0 Å². The van der Waals surface area contributed by atoms with E-state index in [0.29, 0.717) is 11.3 Å². The van der Waals surface area contributed by atoms with Gasteiger partial charge >= 0.3 is 0 Å². The van der Waals surface area contributed by atoms with Crippen LogP contribution >= 0.6 is 11.6 Å². The minimum Gasteiger partial charge on any atom is -0.295 e. The summed E-state index contributed by atoms with van der Waals surface area (Å²) in [5.74, 6) is 0.567. The largest absolute Gasteiger partial charge is 0.295 e. The van der Waals surface area contributed by atoms with Gasteiger partial charge in [0.25, 0.3) is 0 Å². The van der Waals surface area contributed by atoms with Gasteiger partial charge in [-0.2, -0.15) is 0 Å². The Morgan fingerprint density at radius 2 is 1.90 bits per heavy atom. The Hall–Kier alpha value is -1.87. The van der Waals surface area contributed by atoms with E-state index in [4.69, 9.17) is 11.6 Å². The number of fused-ring (bicyclic) bond motifs is 1. The van der Waals surface area contributed by atoms with E-state index in [9.17, 15) is 4.39 Å². The van der Waals surface area contributed by atoms with Crippen molar-refractivity contribution in [3.63, 3.8) is 0 Å². The summed E-state index contributed by atoms with van der Waals surface area (Å²) in [6, 6.07) is 13.1. The molecule has 0 fully saturated rings. The molecular weight excluding hydrogens is 275 g/mol. The SMILES string of the molecule is CCc1ccc(-n2c(CCl)nc3c(F)cccc32)cc1. The number of para-hydroxylation sites is 1. The van der Waals surface area contributed by atoms with Crippen LogP contribution < -0.4 is 0 Å². The van der Waals surface area contributed by atoms with Gasteiger partial charge in [-0.15, -0.1) is 11.6 Å². The minimum atomic E-state index is -0.321. The zero-order valence-electron chi connectivity index (χ0n) is 11.1. The van der Waals surface area contributed by atoms with Crippen molar-refractivity contribution in [3.8, 4) is 5.69 Å². The van der Waals surface area contributed by atoms with Crippen LogP contribution in [-0.4, -0.2) is 9.55 Å². The molecule has 102 valence electrons. The molecule has 0 aliphatic rings. The molecule has 0 bridgehead atoms. The van der Waals surface area contributed by atoms with E-state index in [0.717, 1.165) is 17.6 Å². The monoisotopic (exact) mass is 288 g/mol. The van der Waals surface area contributed by atoms with E-state index in [1.54, 1.807) is 6.07 Å². The fourth-order valence-electron chi connectivity index (χ4n) is 2.37. The highest BCUT2D eigenvalue weighted by molar-refractivity contribution is 6.17. The van der Waals surface area contributed by atoms with Gasteiger partial charge in [-0.3, -0.25) is 4.57 Å². The molecule has 0 amide bonds. The number of benzene rings is 2. The van der Waals surface area contributed by atoms with Crippen LogP contribution in [0.15, 0.2) is 42.5 Å². The minimum absolute atomic E-state index is 0.240. The molecule has 0 spiro atoms. The van der Waals surface area contributed by atoms with Crippen molar-refractivity contribution < 1.29 is 4.39 Å². The lowest BCUT2D eigenvalue weighted by Crippen LogP contribution is -1.99. The summed E-state index contributed by atoms with van der Waals surface area (Å²) in [5.41, 5.74) is 3.32. The second-order valence-corrected chi connectivity index (χ2v) is 4.89. The first-order valence-corrected chi connectivity index (χ1v) is 7.09. The maximum absolute atomic E-state index is 13.8. The summed E-state index contributed by atoms with van der Waals surface area (Å²) < 4.78 is 15.7. The molecule has 0 atom stereocenters. The van der Waals surface area contributed by atoms with Crippen LogP contribution in [0.1, 0.15) is 18.3 Å². The maximum Gasteiger partial charge on any atom is 0.151 e. The first-order valence-electron chi connectivity index (χ1n) is 6.55. The Morgan fingerprint density at radius 3 is 2.55 bits per heavy atom. The van der Waals surface area contributed by atoms with Crippen molar-refractivity contribution in [2.24, 2.45) is 0 Å². The second kappa shape index (κ2) is 5.25. The zero-order chi connectivity index (χ0) is 14.1. The molecule has 1 aromatic heterocycles. The first-order chi connectivity index (χ1) is 9.74. The zero-order valence-corrected chi connectivity index (χ0v) is 11.9. The summed E-state index contributed by atoms with van der Waals surface area (Å²) in [7, 11) is 0. The average Bonchev–Trinajstić information content (AvgIpc) is 2.87. The number of aryl methyl sites for hydroxylation is 1. The van der Waals surface area contributed by atoms with Crippen molar-refractivity contribution >= 4 is 22.6 Å². The van der Waals surface area contributed by atoms with Crippen LogP contribution in [0.4, 0.5) is 4.39 Å². The fourth-order valence-corrected chi connectivity index (χ4v) is 2.55. The summed E-state index contributed by atoms with van der Waals surface area (Å²) in [5, 5.41) is 0. The Balaban J connectivity index is 2.25. The third-order valence-corrected chi connectivity index (χ3v) is 3.67. The molecule has 0 saturated carbocycles. The quantitative estimate of drug-likeness (QED) is 0.650. The number of hydrogen-bond acceptors (Lipinski definition) is 1. The third kappa shape index (κ3) is 2.08. The molecule has 0 radical (unpaired) electrons. The Bertz CT molecular complexity index is 747. The molecule has 2 nitrogen and oxygen atoms in total. The lowest BCUT2D eigenvalue weighted by molar-refractivity contribution is 0.637. The molecule has 2 aromatic carbocycles. The van der Waals surface area contributed by atoms with E-state index in [-0.39, 0.29) is 11.7 Å². The lowest BCUT2D eigenvalue weighted by Gasteiger charge is -2.08. The predicted octanol–water partition coefficient (Wildman–Crippen LogP) is 4.47. The van der Waals surface area contributed by atoms with Gasteiger partial charge in [0.15, 0.2) is 5.82 Å². The van der Waals surface area contributed by atoms with Crippen molar-refractivity contribution in [2.75, 3.05) is 0 Å². The maximum atomic E-state index is 13.8. The number of imidazole rings is 1. The van der Waals surface area contributed by atoms with Crippen molar-refractivity contribution in [2.45, 2.75) is 19.2 Å². The number of nitrogens with zero attached hydrogens (tertiary/aromatic N) is 2. The van der Waals surface area contributed by atoms with Crippen molar-refractivity contribution in [1.29, 1.82) is 0 Å². The van der Waals surface area contributed by atoms with Gasteiger partial charge in [0, 0.05) is 5.69 Å². The van der Waals surface area contributed by atoms with Gasteiger partial charge in [0.1, 0.15) is 11.3 Å². The van der Waals surface area contributed by atoms with E-state index < -0.39 is 0 Å². The van der Waals surface area contributed by atoms with Crippen LogP contribution in [0.5, 0.6) is 0 Å². The molecule has 0 unspecified atom stereocenters. The molecule has 3 aromatic rings. The summed E-state index contributed by atoms with van der Waals surface area (Å²) in [6.07, 6.45) is 0.988. The third-order valence-electron chi connectivity index (χ3n) is 3.43. The standard InChI is InChI=1S/C16H14ClFN2/c1-2-11-6-8-12(9-7-11)20-14-5-3-4-13(18)16(14)19-15(20)10-17/h3-9H,2,10H2,1H3. The highest BCUT2D eigenvalue weighted by Crippen LogP contribution is 2.24. The molecular formula is C16H14ClFN2. The molecule has 0 aliphatic carbocycles. The lowest BCUT2D eigenvalue weighted by atomic mass is 10.1. The van der Waals surface area contributed by atoms with Gasteiger partial charge in [-0.05, 0) is 36.2 Å². The van der Waals surface area contributed by atoms with Gasteiger partial charge in [-0.1, -0.05) is 25.1 Å². The number of rotatable bonds is 3. The highest BCUT2D eigenvalue weighted by atomic mass is 35.5. The average molecular weight is 289 g/mol. The first kappa shape index (κ1) is 13.1. The smallest absolute Gasteiger partial charge is 0.151 e. The molecule has 3 rings (SSSR count). The van der Waals surface area contributed by atoms with Gasteiger partial charge in [0.2, 0.25) is 0 Å².